The van der Waals surface area contributed by atoms with Crippen LogP contribution in [0.25, 0.3) is 0 Å². The second kappa shape index (κ2) is 6.39. The van der Waals surface area contributed by atoms with Gasteiger partial charge in [0.15, 0.2) is 0 Å². The molecule has 1 aliphatic heterocycles. The van der Waals surface area contributed by atoms with Crippen LogP contribution >= 0.6 is 0 Å². The van der Waals surface area contributed by atoms with Gasteiger partial charge in [-0.25, -0.2) is 0 Å². The third-order valence-electron chi connectivity index (χ3n) is 2.85. The summed E-state index contributed by atoms with van der Waals surface area (Å²) >= 11 is 0. The summed E-state index contributed by atoms with van der Waals surface area (Å²) in [6, 6.07) is 0.862. The first-order valence-electron chi connectivity index (χ1n) is 5.83. The normalized spacial score (nSPS) is 19.6. The van der Waals surface area contributed by atoms with Crippen molar-refractivity contribution in [3.8, 4) is 0 Å². The van der Waals surface area contributed by atoms with Gasteiger partial charge < -0.3 is 10.2 Å². The van der Waals surface area contributed by atoms with Crippen molar-refractivity contribution in [2.24, 2.45) is 0 Å². The van der Waals surface area contributed by atoms with E-state index in [-0.39, 0.29) is 0 Å². The first kappa shape index (κ1) is 11.0. The lowest BCUT2D eigenvalue weighted by Gasteiger charge is -2.34. The number of hydrogen-bond donors (Lipinski definition) is 1. The van der Waals surface area contributed by atoms with E-state index >= 15 is 0 Å². The minimum Gasteiger partial charge on any atom is -0.317 e. The number of hydrogen-bond acceptors (Lipinski definition) is 2. The van der Waals surface area contributed by atoms with Crippen LogP contribution in [0.1, 0.15) is 39.5 Å². The molecule has 1 fully saturated rings. The molecule has 0 saturated carbocycles. The molecule has 2 heteroatoms. The predicted octanol–water partition coefficient (Wildman–Crippen LogP) is 1.86. The molecule has 0 radical (unpaired) electrons. The van der Waals surface area contributed by atoms with Crippen LogP contribution in [0.2, 0.25) is 0 Å². The van der Waals surface area contributed by atoms with E-state index < -0.39 is 0 Å². The maximum Gasteiger partial charge on any atom is 0.0119 e. The predicted molar refractivity (Wildman–Crippen MR) is 58.0 cm³/mol. The Labute approximate surface area is 82.7 Å². The van der Waals surface area contributed by atoms with Crippen LogP contribution in [-0.4, -0.2) is 37.1 Å². The Kier molecular flexibility index (Phi) is 5.40. The Morgan fingerprint density at radius 2 is 1.62 bits per heavy atom. The summed E-state index contributed by atoms with van der Waals surface area (Å²) in [6.07, 6.45) is 5.29. The molecule has 1 rings (SSSR count). The monoisotopic (exact) mass is 184 g/mol. The fourth-order valence-corrected chi connectivity index (χ4v) is 2.22. The molecule has 0 aromatic heterocycles. The summed E-state index contributed by atoms with van der Waals surface area (Å²) in [4.78, 5) is 2.68. The molecule has 0 spiro atoms. The van der Waals surface area contributed by atoms with Gasteiger partial charge in [0.05, 0.1) is 0 Å². The highest BCUT2D eigenvalue weighted by atomic mass is 15.2. The standard InChI is InChI=1S/C11H24N2/c1-3-9-13(10-4-2)11-5-7-12-8-6-11/h11-12H,3-10H2,1-2H3. The largest absolute Gasteiger partial charge is 0.317 e. The Morgan fingerprint density at radius 1 is 1.08 bits per heavy atom. The lowest BCUT2D eigenvalue weighted by Crippen LogP contribution is -2.43. The van der Waals surface area contributed by atoms with Crippen LogP contribution in [0.3, 0.4) is 0 Å². The summed E-state index contributed by atoms with van der Waals surface area (Å²) < 4.78 is 0. The molecule has 1 heterocycles. The van der Waals surface area contributed by atoms with Gasteiger partial charge in [0.2, 0.25) is 0 Å². The molecule has 2 nitrogen and oxygen atoms in total. The zero-order valence-corrected chi connectivity index (χ0v) is 9.18. The van der Waals surface area contributed by atoms with Crippen molar-refractivity contribution in [2.75, 3.05) is 26.2 Å². The summed E-state index contributed by atoms with van der Waals surface area (Å²) in [7, 11) is 0. The van der Waals surface area contributed by atoms with Crippen molar-refractivity contribution in [3.63, 3.8) is 0 Å². The smallest absolute Gasteiger partial charge is 0.0119 e. The molecule has 78 valence electrons. The molecular formula is C11H24N2. The maximum absolute atomic E-state index is 3.43. The van der Waals surface area contributed by atoms with E-state index in [1.807, 2.05) is 0 Å². The fourth-order valence-electron chi connectivity index (χ4n) is 2.22. The van der Waals surface area contributed by atoms with Gasteiger partial charge in [-0.05, 0) is 51.9 Å². The van der Waals surface area contributed by atoms with Crippen LogP contribution in [-0.2, 0) is 0 Å². The van der Waals surface area contributed by atoms with Crippen LogP contribution < -0.4 is 5.32 Å². The number of rotatable bonds is 5. The average molecular weight is 184 g/mol. The highest BCUT2D eigenvalue weighted by Gasteiger charge is 2.18. The summed E-state index contributed by atoms with van der Waals surface area (Å²) in [5, 5.41) is 3.43. The molecule has 0 aromatic rings. The second-order valence-electron chi connectivity index (χ2n) is 4.02. The molecule has 0 aromatic carbocycles. The Balaban J connectivity index is 2.32. The van der Waals surface area contributed by atoms with E-state index in [1.165, 1.54) is 51.9 Å². The topological polar surface area (TPSA) is 15.3 Å². The lowest BCUT2D eigenvalue weighted by molar-refractivity contribution is 0.162. The molecular weight excluding hydrogens is 160 g/mol. The van der Waals surface area contributed by atoms with Crippen LogP contribution in [0.15, 0.2) is 0 Å². The Morgan fingerprint density at radius 3 is 2.08 bits per heavy atom. The third-order valence-corrected chi connectivity index (χ3v) is 2.85. The van der Waals surface area contributed by atoms with Crippen molar-refractivity contribution < 1.29 is 0 Å². The molecule has 0 unspecified atom stereocenters. The highest BCUT2D eigenvalue weighted by molar-refractivity contribution is 4.77. The molecule has 1 N–H and O–H groups in total. The molecule has 13 heavy (non-hydrogen) atoms. The molecule has 0 bridgehead atoms. The number of nitrogens with one attached hydrogen (secondary N) is 1. The van der Waals surface area contributed by atoms with E-state index in [0.717, 1.165) is 6.04 Å². The molecule has 0 amide bonds. The second-order valence-corrected chi connectivity index (χ2v) is 4.02. The average Bonchev–Trinajstić information content (AvgIpc) is 2.19. The van der Waals surface area contributed by atoms with Gasteiger partial charge in [0, 0.05) is 6.04 Å². The fraction of sp³-hybridized carbons (Fsp3) is 1.00. The minimum atomic E-state index is 0.862. The molecule has 0 atom stereocenters. The minimum absolute atomic E-state index is 0.862. The van der Waals surface area contributed by atoms with Crippen LogP contribution in [0.5, 0.6) is 0 Å². The third kappa shape index (κ3) is 3.65. The summed E-state index contributed by atoms with van der Waals surface area (Å²) in [6.45, 7) is 9.58. The Hall–Kier alpha value is -0.0800. The lowest BCUT2D eigenvalue weighted by atomic mass is 10.0. The van der Waals surface area contributed by atoms with Gasteiger partial charge in [-0.15, -0.1) is 0 Å². The molecule has 1 saturated heterocycles. The van der Waals surface area contributed by atoms with Crippen molar-refractivity contribution in [1.29, 1.82) is 0 Å². The van der Waals surface area contributed by atoms with Crippen molar-refractivity contribution in [2.45, 2.75) is 45.6 Å². The van der Waals surface area contributed by atoms with Gasteiger partial charge >= 0.3 is 0 Å². The quantitative estimate of drug-likeness (QED) is 0.701. The SMILES string of the molecule is CCCN(CCC)C1CCNCC1. The summed E-state index contributed by atoms with van der Waals surface area (Å²) in [5.74, 6) is 0. The number of nitrogens with zero attached hydrogens (tertiary/aromatic N) is 1. The van der Waals surface area contributed by atoms with E-state index in [2.05, 4.69) is 24.1 Å². The first-order chi connectivity index (χ1) is 6.38. The van der Waals surface area contributed by atoms with Gasteiger partial charge in [-0.3, -0.25) is 0 Å². The van der Waals surface area contributed by atoms with Crippen molar-refractivity contribution >= 4 is 0 Å². The summed E-state index contributed by atoms with van der Waals surface area (Å²) in [5.41, 5.74) is 0. The van der Waals surface area contributed by atoms with E-state index in [1.54, 1.807) is 0 Å². The van der Waals surface area contributed by atoms with Crippen molar-refractivity contribution in [3.05, 3.63) is 0 Å². The van der Waals surface area contributed by atoms with E-state index in [0.29, 0.717) is 0 Å². The zero-order valence-electron chi connectivity index (χ0n) is 9.18. The number of piperidine rings is 1. The molecule has 0 aliphatic carbocycles. The van der Waals surface area contributed by atoms with E-state index in [9.17, 15) is 0 Å². The Bertz CT molecular complexity index is 113. The van der Waals surface area contributed by atoms with Crippen molar-refractivity contribution in [1.82, 2.24) is 10.2 Å². The van der Waals surface area contributed by atoms with Gasteiger partial charge in [-0.2, -0.15) is 0 Å². The van der Waals surface area contributed by atoms with E-state index in [4.69, 9.17) is 0 Å². The first-order valence-corrected chi connectivity index (χ1v) is 5.83. The highest BCUT2D eigenvalue weighted by Crippen LogP contribution is 2.12. The van der Waals surface area contributed by atoms with Gasteiger partial charge in [0.1, 0.15) is 0 Å². The van der Waals surface area contributed by atoms with Crippen LogP contribution in [0.4, 0.5) is 0 Å². The maximum atomic E-state index is 3.43. The molecule has 1 aliphatic rings. The van der Waals surface area contributed by atoms with Gasteiger partial charge in [-0.1, -0.05) is 13.8 Å². The van der Waals surface area contributed by atoms with Gasteiger partial charge in [0.25, 0.3) is 0 Å². The van der Waals surface area contributed by atoms with Crippen LogP contribution in [0, 0.1) is 0 Å². The zero-order chi connectivity index (χ0) is 9.52.